The van der Waals surface area contributed by atoms with E-state index in [9.17, 15) is 9.59 Å². The molecule has 1 fully saturated rings. The third kappa shape index (κ3) is 6.66. The zero-order chi connectivity index (χ0) is 27.8. The Kier molecular flexibility index (Phi) is 8.36. The molecule has 37 heavy (non-hydrogen) atoms. The second kappa shape index (κ2) is 10.7. The van der Waals surface area contributed by atoms with Gasteiger partial charge in [0.2, 0.25) is 0 Å². The third-order valence-corrected chi connectivity index (χ3v) is 7.19. The van der Waals surface area contributed by atoms with Crippen LogP contribution in [0.4, 0.5) is 10.5 Å². The van der Waals surface area contributed by atoms with Gasteiger partial charge in [-0.25, -0.2) is 4.79 Å². The smallest absolute Gasteiger partial charge is 0.444 e. The zero-order valence-electron chi connectivity index (χ0n) is 23.2. The first-order valence-corrected chi connectivity index (χ1v) is 12.8. The summed E-state index contributed by atoms with van der Waals surface area (Å²) in [5, 5.41) is 6.27. The highest BCUT2D eigenvalue weighted by molar-refractivity contribution is 6.66. The molecule has 0 aromatic heterocycles. The van der Waals surface area contributed by atoms with Gasteiger partial charge in [0, 0.05) is 24.8 Å². The summed E-state index contributed by atoms with van der Waals surface area (Å²) in [6.07, 6.45) is 0.257. The molecule has 0 bridgehead atoms. The molecule has 0 radical (unpaired) electrons. The van der Waals surface area contributed by atoms with Crippen molar-refractivity contribution in [1.82, 2.24) is 10.2 Å². The number of ether oxygens (including phenoxy) is 1. The number of nitrogens with one attached hydrogen (secondary N) is 2. The molecule has 2 aliphatic rings. The minimum absolute atomic E-state index is 0.0949. The molecule has 2 heterocycles. The Labute approximate surface area is 225 Å². The van der Waals surface area contributed by atoms with Crippen LogP contribution in [0.1, 0.15) is 61.8 Å². The number of amidine groups is 1. The molecule has 0 atom stereocenters. The van der Waals surface area contributed by atoms with Gasteiger partial charge >= 0.3 is 13.2 Å². The number of anilines is 1. The lowest BCUT2D eigenvalue weighted by molar-refractivity contribution is -0.110. The molecule has 2 amide bonds. The van der Waals surface area contributed by atoms with Crippen LogP contribution in [0.5, 0.6) is 0 Å². The summed E-state index contributed by atoms with van der Waals surface area (Å²) < 4.78 is 17.8. The number of hydrogen-bond donors (Lipinski definition) is 2. The molecule has 0 spiro atoms. The zero-order valence-corrected chi connectivity index (χ0v) is 24.0. The van der Waals surface area contributed by atoms with Crippen molar-refractivity contribution in [3.05, 3.63) is 34.5 Å². The number of carbonyl (C=O) groups excluding carboxylic acids is 2. The van der Waals surface area contributed by atoms with Crippen molar-refractivity contribution in [2.75, 3.05) is 25.5 Å². The lowest BCUT2D eigenvalue weighted by atomic mass is 9.79. The van der Waals surface area contributed by atoms with Crippen LogP contribution in [0.15, 0.2) is 34.5 Å². The predicted molar refractivity (Wildman–Crippen MR) is 147 cm³/mol. The molecule has 1 saturated heterocycles. The third-order valence-electron chi connectivity index (χ3n) is 6.76. The normalized spacial score (nSPS) is 19.7. The van der Waals surface area contributed by atoms with Crippen LogP contribution in [0.2, 0.25) is 5.02 Å². The van der Waals surface area contributed by atoms with E-state index in [-0.39, 0.29) is 12.4 Å². The molecule has 202 valence electrons. The molecule has 2 N–H and O–H groups in total. The minimum Gasteiger partial charge on any atom is -0.444 e. The van der Waals surface area contributed by atoms with Crippen molar-refractivity contribution in [3.63, 3.8) is 0 Å². The van der Waals surface area contributed by atoms with Gasteiger partial charge in [-0.15, -0.1) is 0 Å². The number of benzene rings is 1. The topological polar surface area (TPSA) is 101 Å². The fraction of sp³-hybridized carbons (Fsp3) is 0.577. The van der Waals surface area contributed by atoms with Crippen LogP contribution in [0.25, 0.3) is 0 Å². The highest BCUT2D eigenvalue weighted by Gasteiger charge is 2.52. The summed E-state index contributed by atoms with van der Waals surface area (Å²) in [6, 6.07) is 5.30. The maximum absolute atomic E-state index is 13.2. The predicted octanol–water partition coefficient (Wildman–Crippen LogP) is 4.11. The van der Waals surface area contributed by atoms with E-state index in [1.54, 1.807) is 17.0 Å². The van der Waals surface area contributed by atoms with Crippen LogP contribution >= 0.6 is 11.6 Å². The van der Waals surface area contributed by atoms with Gasteiger partial charge in [0.15, 0.2) is 5.84 Å². The fourth-order valence-electron chi connectivity index (χ4n) is 3.82. The summed E-state index contributed by atoms with van der Waals surface area (Å²) in [7, 11) is 0.856. The largest absolute Gasteiger partial charge is 0.496 e. The van der Waals surface area contributed by atoms with E-state index < -0.39 is 35.9 Å². The van der Waals surface area contributed by atoms with Gasteiger partial charge in [-0.1, -0.05) is 29.3 Å². The van der Waals surface area contributed by atoms with Crippen LogP contribution < -0.4 is 16.1 Å². The lowest BCUT2D eigenvalue weighted by Gasteiger charge is -2.32. The highest BCUT2D eigenvalue weighted by atomic mass is 35.5. The standard InChI is InChI=1S/C26H38BClN4O5/c1-16-13-14-32(23(34)35-24(2,3)4)15-19(16)30-21(29-9)22(33)31-18-12-10-11-17(20(18)28)27-36-25(5,6)26(7,8)37-27/h10-12H,13-15H2,1-9H3,(H,29,30)(H,31,33). The second-order valence-electron chi connectivity index (χ2n) is 11.4. The van der Waals surface area contributed by atoms with Gasteiger partial charge in [-0.05, 0) is 67.9 Å². The Hall–Kier alpha value is -2.56. The average molecular weight is 533 g/mol. The number of hydrogen-bond acceptors (Lipinski definition) is 6. The van der Waals surface area contributed by atoms with Gasteiger partial charge < -0.3 is 29.6 Å². The van der Waals surface area contributed by atoms with Crippen LogP contribution in [0, 0.1) is 0 Å². The first kappa shape index (κ1) is 29.0. The van der Waals surface area contributed by atoms with Crippen molar-refractivity contribution in [1.29, 1.82) is 0 Å². The van der Waals surface area contributed by atoms with Crippen LogP contribution in [0.3, 0.4) is 0 Å². The maximum Gasteiger partial charge on any atom is 0.496 e. The number of halogens is 1. The van der Waals surface area contributed by atoms with E-state index in [1.807, 2.05) is 61.5 Å². The number of nitrogens with zero attached hydrogens (tertiary/aromatic N) is 2. The van der Waals surface area contributed by atoms with Gasteiger partial charge in [0.05, 0.1) is 28.5 Å². The van der Waals surface area contributed by atoms with E-state index in [4.69, 9.17) is 25.6 Å². The molecular formula is C26H38BClN4O5. The van der Waals surface area contributed by atoms with Gasteiger partial charge in [-0.3, -0.25) is 9.79 Å². The Morgan fingerprint density at radius 2 is 1.76 bits per heavy atom. The molecule has 0 aliphatic carbocycles. The summed E-state index contributed by atoms with van der Waals surface area (Å²) >= 11 is 6.69. The lowest BCUT2D eigenvalue weighted by Crippen LogP contribution is -2.45. The summed E-state index contributed by atoms with van der Waals surface area (Å²) in [4.78, 5) is 31.5. The molecule has 0 unspecified atom stereocenters. The van der Waals surface area contributed by atoms with E-state index in [0.717, 1.165) is 11.3 Å². The molecule has 3 rings (SSSR count). The molecule has 2 aliphatic heterocycles. The van der Waals surface area contributed by atoms with Gasteiger partial charge in [-0.2, -0.15) is 0 Å². The second-order valence-corrected chi connectivity index (χ2v) is 11.7. The van der Waals surface area contributed by atoms with Crippen LogP contribution in [-0.4, -0.2) is 66.8 Å². The Balaban J connectivity index is 1.72. The van der Waals surface area contributed by atoms with Crippen molar-refractivity contribution >= 4 is 47.7 Å². The van der Waals surface area contributed by atoms with Gasteiger partial charge in [0.1, 0.15) is 5.60 Å². The first-order valence-electron chi connectivity index (χ1n) is 12.4. The average Bonchev–Trinajstić information content (AvgIpc) is 2.99. The maximum atomic E-state index is 13.2. The molecule has 11 heteroatoms. The van der Waals surface area contributed by atoms with Crippen molar-refractivity contribution in [3.8, 4) is 0 Å². The van der Waals surface area contributed by atoms with Crippen LogP contribution in [-0.2, 0) is 18.8 Å². The van der Waals surface area contributed by atoms with E-state index in [0.29, 0.717) is 29.1 Å². The van der Waals surface area contributed by atoms with E-state index in [2.05, 4.69) is 15.6 Å². The van der Waals surface area contributed by atoms with Crippen molar-refractivity contribution < 1.29 is 23.6 Å². The molecule has 1 aromatic rings. The summed E-state index contributed by atoms with van der Waals surface area (Å²) in [6.45, 7) is 16.1. The van der Waals surface area contributed by atoms with E-state index in [1.165, 1.54) is 7.05 Å². The Morgan fingerprint density at radius 3 is 2.32 bits per heavy atom. The molecule has 9 nitrogen and oxygen atoms in total. The molecule has 1 aromatic carbocycles. The number of aliphatic imine (C=N–C) groups is 1. The Morgan fingerprint density at radius 1 is 1.14 bits per heavy atom. The fourth-order valence-corrected chi connectivity index (χ4v) is 4.09. The highest BCUT2D eigenvalue weighted by Crippen LogP contribution is 2.37. The molecular weight excluding hydrogens is 495 g/mol. The number of amides is 2. The van der Waals surface area contributed by atoms with Gasteiger partial charge in [0.25, 0.3) is 5.91 Å². The SMILES string of the molecule is CN=C(NC1=C(C)CCN(C(=O)OC(C)(C)C)C1)C(=O)Nc1cccc(B2OC(C)(C)C(C)(C)O2)c1Cl. The summed E-state index contributed by atoms with van der Waals surface area (Å²) in [5.41, 5.74) is 1.16. The molecule has 0 saturated carbocycles. The Bertz CT molecular complexity index is 1110. The minimum atomic E-state index is -0.666. The quantitative estimate of drug-likeness (QED) is 0.345. The van der Waals surface area contributed by atoms with Crippen molar-refractivity contribution in [2.24, 2.45) is 4.99 Å². The first-order chi connectivity index (χ1) is 17.0. The number of rotatable bonds is 3. The summed E-state index contributed by atoms with van der Waals surface area (Å²) in [5.74, 6) is -0.373. The monoisotopic (exact) mass is 532 g/mol. The number of carbonyl (C=O) groups is 2. The van der Waals surface area contributed by atoms with E-state index >= 15 is 0 Å². The van der Waals surface area contributed by atoms with Crippen molar-refractivity contribution in [2.45, 2.75) is 78.6 Å².